The van der Waals surface area contributed by atoms with Gasteiger partial charge in [-0.3, -0.25) is 9.59 Å². The zero-order valence-electron chi connectivity index (χ0n) is 15.3. The van der Waals surface area contributed by atoms with Crippen molar-refractivity contribution in [3.05, 3.63) is 30.1 Å². The number of aromatic amines is 1. The van der Waals surface area contributed by atoms with Crippen molar-refractivity contribution in [3.8, 4) is 0 Å². The van der Waals surface area contributed by atoms with E-state index < -0.39 is 11.5 Å². The van der Waals surface area contributed by atoms with E-state index in [0.29, 0.717) is 12.3 Å². The highest BCUT2D eigenvalue weighted by Gasteiger charge is 2.31. The van der Waals surface area contributed by atoms with Gasteiger partial charge in [0.15, 0.2) is 0 Å². The molecule has 0 saturated carbocycles. The van der Waals surface area contributed by atoms with Crippen molar-refractivity contribution in [3.63, 3.8) is 0 Å². The van der Waals surface area contributed by atoms with E-state index in [1.807, 2.05) is 33.0 Å². The summed E-state index contributed by atoms with van der Waals surface area (Å²) in [6, 6.07) is 2.03. The first-order valence-corrected chi connectivity index (χ1v) is 8.63. The monoisotopic (exact) mass is 356 g/mol. The average molecular weight is 356 g/mol. The van der Waals surface area contributed by atoms with Crippen LogP contribution < -0.4 is 10.6 Å². The third kappa shape index (κ3) is 4.22. The Morgan fingerprint density at radius 2 is 2.15 bits per heavy atom. The number of fused-ring (bicyclic) bond motifs is 1. The zero-order valence-corrected chi connectivity index (χ0v) is 15.3. The fourth-order valence-electron chi connectivity index (χ4n) is 3.02. The molecule has 1 aliphatic rings. The molecule has 1 aliphatic heterocycles. The van der Waals surface area contributed by atoms with Gasteiger partial charge in [-0.2, -0.15) is 0 Å². The van der Waals surface area contributed by atoms with Crippen molar-refractivity contribution in [2.45, 2.75) is 32.8 Å². The van der Waals surface area contributed by atoms with E-state index in [9.17, 15) is 9.59 Å². The minimum atomic E-state index is -0.490. The average Bonchev–Trinajstić information content (AvgIpc) is 2.88. The molecule has 0 unspecified atom stereocenters. The van der Waals surface area contributed by atoms with Crippen LogP contribution in [0, 0.1) is 5.92 Å². The highest BCUT2D eigenvalue weighted by Crippen LogP contribution is 2.30. The van der Waals surface area contributed by atoms with Crippen LogP contribution in [0.3, 0.4) is 0 Å². The largest absolute Gasteiger partial charge is 0.460 e. The predicted molar refractivity (Wildman–Crippen MR) is 100 cm³/mol. The second-order valence-corrected chi connectivity index (χ2v) is 7.63. The van der Waals surface area contributed by atoms with Gasteiger partial charge >= 0.3 is 5.97 Å². The first kappa shape index (κ1) is 18.0. The third-order valence-corrected chi connectivity index (χ3v) is 4.17. The van der Waals surface area contributed by atoms with Crippen LogP contribution in [-0.2, 0) is 14.3 Å². The molecule has 0 atom stereocenters. The number of hydrogen-bond acceptors (Lipinski definition) is 5. The summed E-state index contributed by atoms with van der Waals surface area (Å²) < 4.78 is 5.37. The van der Waals surface area contributed by atoms with Crippen molar-refractivity contribution in [1.29, 1.82) is 0 Å². The number of amides is 1. The molecule has 0 bridgehead atoms. The molecular formula is C19H24N4O3. The molecule has 0 radical (unpaired) electrons. The molecule has 0 aliphatic carbocycles. The van der Waals surface area contributed by atoms with E-state index in [-0.39, 0.29) is 5.97 Å². The molecule has 7 nitrogen and oxygen atoms in total. The molecule has 0 spiro atoms. The van der Waals surface area contributed by atoms with E-state index >= 15 is 0 Å². The predicted octanol–water partition coefficient (Wildman–Crippen LogP) is 2.23. The van der Waals surface area contributed by atoms with Crippen LogP contribution in [0.1, 0.15) is 32.8 Å². The van der Waals surface area contributed by atoms with Crippen LogP contribution in [0.25, 0.3) is 17.1 Å². The Labute approximate surface area is 152 Å². The van der Waals surface area contributed by atoms with Gasteiger partial charge in [0.25, 0.3) is 0 Å². The standard InChI is InChI=1S/C19H24N4O3/c1-19(2,3)26-17(25)6-12-10-23(11-12)14-7-15-13(4-5-16(20)24)8-21-18(15)22-9-14/h4-5,7-9,12H,6,10-11H2,1-3H3,(H2,20,24)(H,21,22)/b5-4+. The van der Waals surface area contributed by atoms with Gasteiger partial charge < -0.3 is 20.4 Å². The molecule has 3 rings (SSSR count). The zero-order chi connectivity index (χ0) is 18.9. The molecular weight excluding hydrogens is 332 g/mol. The lowest BCUT2D eigenvalue weighted by atomic mass is 9.95. The van der Waals surface area contributed by atoms with Crippen LogP contribution in [0.5, 0.6) is 0 Å². The second kappa shape index (κ2) is 6.82. The minimum Gasteiger partial charge on any atom is -0.460 e. The van der Waals surface area contributed by atoms with Crippen LogP contribution in [0.2, 0.25) is 0 Å². The maximum Gasteiger partial charge on any atom is 0.306 e. The molecule has 2 aromatic rings. The number of carbonyl (C=O) groups is 2. The molecule has 1 saturated heterocycles. The normalized spacial score (nSPS) is 15.4. The van der Waals surface area contributed by atoms with Gasteiger partial charge in [-0.1, -0.05) is 0 Å². The number of rotatable bonds is 5. The number of anilines is 1. The fraction of sp³-hybridized carbons (Fsp3) is 0.421. The number of carbonyl (C=O) groups excluding carboxylic acids is 2. The number of hydrogen-bond donors (Lipinski definition) is 2. The van der Waals surface area contributed by atoms with Crippen molar-refractivity contribution >= 4 is 34.7 Å². The highest BCUT2D eigenvalue weighted by molar-refractivity contribution is 5.95. The van der Waals surface area contributed by atoms with E-state index in [1.165, 1.54) is 6.08 Å². The topological polar surface area (TPSA) is 101 Å². The second-order valence-electron chi connectivity index (χ2n) is 7.63. The maximum absolute atomic E-state index is 11.9. The number of nitrogens with two attached hydrogens (primary N) is 1. The number of H-pyrrole nitrogens is 1. The van der Waals surface area contributed by atoms with Crippen LogP contribution in [0.15, 0.2) is 24.5 Å². The van der Waals surface area contributed by atoms with Gasteiger partial charge in [-0.25, -0.2) is 4.98 Å². The summed E-state index contributed by atoms with van der Waals surface area (Å²) in [6.45, 7) is 7.21. The van der Waals surface area contributed by atoms with Crippen molar-refractivity contribution in [2.75, 3.05) is 18.0 Å². The van der Waals surface area contributed by atoms with Gasteiger partial charge in [0.05, 0.1) is 18.3 Å². The lowest BCUT2D eigenvalue weighted by Gasteiger charge is -2.40. The number of primary amides is 1. The summed E-state index contributed by atoms with van der Waals surface area (Å²) in [6.07, 6.45) is 7.04. The Balaban J connectivity index is 1.64. The number of nitrogens with one attached hydrogen (secondary N) is 1. The Bertz CT molecular complexity index is 857. The van der Waals surface area contributed by atoms with E-state index in [0.717, 1.165) is 35.4 Å². The maximum atomic E-state index is 11.9. The first-order chi connectivity index (χ1) is 12.2. The van der Waals surface area contributed by atoms with Gasteiger partial charge in [0.2, 0.25) is 5.91 Å². The van der Waals surface area contributed by atoms with Crippen LogP contribution >= 0.6 is 0 Å². The smallest absolute Gasteiger partial charge is 0.306 e. The molecule has 26 heavy (non-hydrogen) atoms. The summed E-state index contributed by atoms with van der Waals surface area (Å²) in [5.74, 6) is -0.350. The SMILES string of the molecule is CC(C)(C)OC(=O)CC1CN(c2cnc3[nH]cc(/C=C/C(N)=O)c3c2)C1. The van der Waals surface area contributed by atoms with Crippen LogP contribution in [0.4, 0.5) is 5.69 Å². The molecule has 3 N–H and O–H groups in total. The number of esters is 1. The van der Waals surface area contributed by atoms with E-state index in [2.05, 4.69) is 14.9 Å². The first-order valence-electron chi connectivity index (χ1n) is 8.63. The van der Waals surface area contributed by atoms with E-state index in [1.54, 1.807) is 12.3 Å². The van der Waals surface area contributed by atoms with Crippen LogP contribution in [-0.4, -0.2) is 40.5 Å². The van der Waals surface area contributed by atoms with Gasteiger partial charge in [-0.15, -0.1) is 0 Å². The highest BCUT2D eigenvalue weighted by atomic mass is 16.6. The summed E-state index contributed by atoms with van der Waals surface area (Å²) >= 11 is 0. The summed E-state index contributed by atoms with van der Waals surface area (Å²) in [4.78, 5) is 32.5. The number of nitrogens with zero attached hydrogens (tertiary/aromatic N) is 2. The van der Waals surface area contributed by atoms with Crippen molar-refractivity contribution in [2.24, 2.45) is 11.7 Å². The third-order valence-electron chi connectivity index (χ3n) is 4.17. The molecule has 3 heterocycles. The van der Waals surface area contributed by atoms with Gasteiger partial charge in [0, 0.05) is 42.2 Å². The number of ether oxygens (including phenoxy) is 1. The fourth-order valence-corrected chi connectivity index (χ4v) is 3.02. The van der Waals surface area contributed by atoms with E-state index in [4.69, 9.17) is 10.5 Å². The van der Waals surface area contributed by atoms with Crippen molar-refractivity contribution in [1.82, 2.24) is 9.97 Å². The summed E-state index contributed by atoms with van der Waals surface area (Å²) in [5.41, 5.74) is 7.32. The molecule has 0 aromatic carbocycles. The van der Waals surface area contributed by atoms with Gasteiger partial charge in [-0.05, 0) is 32.9 Å². The number of aromatic nitrogens is 2. The summed E-state index contributed by atoms with van der Waals surface area (Å²) in [5, 5.41) is 0.926. The molecule has 7 heteroatoms. The molecule has 1 amide bonds. The lowest BCUT2D eigenvalue weighted by Crippen LogP contribution is -2.48. The summed E-state index contributed by atoms with van der Waals surface area (Å²) in [7, 11) is 0. The molecule has 2 aromatic heterocycles. The van der Waals surface area contributed by atoms with Crippen molar-refractivity contribution < 1.29 is 14.3 Å². The van der Waals surface area contributed by atoms with Gasteiger partial charge in [0.1, 0.15) is 11.2 Å². The molecule has 1 fully saturated rings. The molecule has 138 valence electrons. The Morgan fingerprint density at radius 1 is 1.42 bits per heavy atom. The lowest BCUT2D eigenvalue weighted by molar-refractivity contribution is -0.156. The number of pyridine rings is 1. The quantitative estimate of drug-likeness (QED) is 0.632. The Hall–Kier alpha value is -2.83. The Kier molecular flexibility index (Phi) is 4.71. The Morgan fingerprint density at radius 3 is 2.81 bits per heavy atom. The minimum absolute atomic E-state index is 0.153.